The molecule has 7 rings (SSSR count). The number of rotatable bonds is 4. The van der Waals surface area contributed by atoms with Gasteiger partial charge in [-0.1, -0.05) is 24.3 Å². The van der Waals surface area contributed by atoms with Crippen LogP contribution in [0.25, 0.3) is 0 Å². The third kappa shape index (κ3) is 2.65. The molecule has 6 atom stereocenters. The summed E-state index contributed by atoms with van der Waals surface area (Å²) in [5.41, 5.74) is 1.07. The number of amides is 2. The summed E-state index contributed by atoms with van der Waals surface area (Å²) in [6.07, 6.45) is 5.42. The third-order valence-corrected chi connectivity index (χ3v) is 7.49. The van der Waals surface area contributed by atoms with Crippen molar-refractivity contribution in [3.05, 3.63) is 71.8 Å². The van der Waals surface area contributed by atoms with Gasteiger partial charge in [0.25, 0.3) is 0 Å². The minimum Gasteiger partial charge on any atom is -0.422 e. The molecule has 0 radical (unpaired) electrons. The Kier molecular flexibility index (Phi) is 4.03. The molecule has 4 aliphatic carbocycles. The highest BCUT2D eigenvalue weighted by atomic mass is 16.5. The van der Waals surface area contributed by atoms with Gasteiger partial charge in [-0.25, -0.2) is 4.79 Å². The second-order valence-electron chi connectivity index (χ2n) is 9.16. The van der Waals surface area contributed by atoms with Gasteiger partial charge in [0, 0.05) is 0 Å². The van der Waals surface area contributed by atoms with Gasteiger partial charge < -0.3 is 4.74 Å². The van der Waals surface area contributed by atoms with E-state index in [9.17, 15) is 19.2 Å². The number of ketones is 1. The predicted octanol–water partition coefficient (Wildman–Crippen LogP) is 3.67. The van der Waals surface area contributed by atoms with Crippen LogP contribution in [0.5, 0.6) is 5.75 Å². The van der Waals surface area contributed by atoms with Gasteiger partial charge in [-0.15, -0.1) is 0 Å². The molecule has 1 aliphatic heterocycles. The zero-order chi connectivity index (χ0) is 22.1. The first-order valence-corrected chi connectivity index (χ1v) is 10.9. The van der Waals surface area contributed by atoms with Crippen molar-refractivity contribution in [1.82, 2.24) is 0 Å². The number of ether oxygens (including phenoxy) is 1. The van der Waals surface area contributed by atoms with Gasteiger partial charge in [0.15, 0.2) is 5.78 Å². The van der Waals surface area contributed by atoms with E-state index in [4.69, 9.17) is 4.74 Å². The maximum atomic E-state index is 13.2. The Morgan fingerprint density at radius 3 is 2.06 bits per heavy atom. The lowest BCUT2D eigenvalue weighted by molar-refractivity contribution is -0.124. The van der Waals surface area contributed by atoms with Crippen LogP contribution in [0.1, 0.15) is 34.1 Å². The lowest BCUT2D eigenvalue weighted by Crippen LogP contribution is -2.40. The Balaban J connectivity index is 1.23. The fourth-order valence-electron chi connectivity index (χ4n) is 5.96. The lowest BCUT2D eigenvalue weighted by Gasteiger charge is -2.37. The topological polar surface area (TPSA) is 80.8 Å². The molecule has 2 amide bonds. The van der Waals surface area contributed by atoms with Crippen LogP contribution in [0.15, 0.2) is 60.7 Å². The number of esters is 1. The van der Waals surface area contributed by atoms with Crippen LogP contribution in [0.3, 0.4) is 0 Å². The Morgan fingerprint density at radius 2 is 1.47 bits per heavy atom. The molecule has 1 saturated heterocycles. The first-order chi connectivity index (χ1) is 15.5. The fraction of sp³-hybridized carbons (Fsp3) is 0.308. The molecule has 2 bridgehead atoms. The Bertz CT molecular complexity index is 1180. The van der Waals surface area contributed by atoms with E-state index in [-0.39, 0.29) is 52.6 Å². The van der Waals surface area contributed by atoms with Gasteiger partial charge >= 0.3 is 5.97 Å². The van der Waals surface area contributed by atoms with E-state index in [0.29, 0.717) is 23.1 Å². The predicted molar refractivity (Wildman–Crippen MR) is 115 cm³/mol. The largest absolute Gasteiger partial charge is 0.422 e. The highest BCUT2D eigenvalue weighted by molar-refractivity contribution is 6.22. The van der Waals surface area contributed by atoms with E-state index in [1.165, 1.54) is 11.8 Å². The van der Waals surface area contributed by atoms with Crippen LogP contribution >= 0.6 is 0 Å². The zero-order valence-electron chi connectivity index (χ0n) is 17.4. The van der Waals surface area contributed by atoms with Crippen LogP contribution in [-0.2, 0) is 9.59 Å². The number of anilines is 1. The Morgan fingerprint density at radius 1 is 0.875 bits per heavy atom. The summed E-state index contributed by atoms with van der Waals surface area (Å²) < 4.78 is 5.42. The van der Waals surface area contributed by atoms with Crippen molar-refractivity contribution >= 4 is 29.3 Å². The van der Waals surface area contributed by atoms with E-state index in [1.54, 1.807) is 48.5 Å². The molecule has 5 aliphatic rings. The molecule has 0 aromatic heterocycles. The van der Waals surface area contributed by atoms with Gasteiger partial charge in [-0.2, -0.15) is 0 Å². The number of para-hydroxylation sites is 1. The van der Waals surface area contributed by atoms with Crippen molar-refractivity contribution in [1.29, 1.82) is 0 Å². The summed E-state index contributed by atoms with van der Waals surface area (Å²) >= 11 is 0. The van der Waals surface area contributed by atoms with Gasteiger partial charge in [-0.3, -0.25) is 19.3 Å². The first-order valence-electron chi connectivity index (χ1n) is 10.9. The van der Waals surface area contributed by atoms with E-state index in [1.807, 2.05) is 0 Å². The summed E-state index contributed by atoms with van der Waals surface area (Å²) in [5, 5.41) is 0. The molecule has 1 heterocycles. The third-order valence-electron chi connectivity index (χ3n) is 7.49. The summed E-state index contributed by atoms with van der Waals surface area (Å²) in [7, 11) is 0. The van der Waals surface area contributed by atoms with Crippen LogP contribution in [0.2, 0.25) is 0 Å². The standard InChI is InChI=1S/C26H21NO5/c1-13(28)16-4-2-3-5-21(16)32-26(31)14-6-8-15(9-7-14)27-24(29)22-17-10-11-18(20-12-19(17)20)23(22)25(27)30/h2-11,17-20,22-23H,12H2,1H3/t17-,18-,19-,20-,22-,23+/m0/s1. The highest BCUT2D eigenvalue weighted by Crippen LogP contribution is 2.65. The number of carbonyl (C=O) groups is 4. The Labute approximate surface area is 184 Å². The molecule has 0 unspecified atom stereocenters. The minimum atomic E-state index is -0.611. The molecule has 2 saturated carbocycles. The molecule has 6 heteroatoms. The van der Waals surface area contributed by atoms with Crippen molar-refractivity contribution < 1.29 is 23.9 Å². The molecule has 6 nitrogen and oxygen atoms in total. The average Bonchev–Trinajstić information content (AvgIpc) is 3.57. The maximum Gasteiger partial charge on any atom is 0.343 e. The Hall–Kier alpha value is -3.54. The SMILES string of the molecule is CC(=O)c1ccccc1OC(=O)c1ccc(N2C(=O)[C@@H]3[C@H]4C=C[C@@H]([C@@H]5C[C@@H]45)[C@@H]3C2=O)cc1. The summed E-state index contributed by atoms with van der Waals surface area (Å²) in [5.74, 6) is 0.0751. The van der Waals surface area contributed by atoms with Crippen molar-refractivity contribution in [3.63, 3.8) is 0 Å². The fourth-order valence-corrected chi connectivity index (χ4v) is 5.96. The van der Waals surface area contributed by atoms with Crippen LogP contribution in [0, 0.1) is 35.5 Å². The van der Waals surface area contributed by atoms with E-state index >= 15 is 0 Å². The summed E-state index contributed by atoms with van der Waals surface area (Å²) in [6, 6.07) is 12.9. The molecule has 3 fully saturated rings. The number of imide groups is 1. The smallest absolute Gasteiger partial charge is 0.343 e. The molecular formula is C26H21NO5. The van der Waals surface area contributed by atoms with E-state index in [2.05, 4.69) is 12.2 Å². The number of hydrogen-bond acceptors (Lipinski definition) is 5. The monoisotopic (exact) mass is 427 g/mol. The number of carbonyl (C=O) groups excluding carboxylic acids is 4. The van der Waals surface area contributed by atoms with Crippen LogP contribution in [-0.4, -0.2) is 23.6 Å². The second kappa shape index (κ2) is 6.73. The van der Waals surface area contributed by atoms with Crippen molar-refractivity contribution in [2.24, 2.45) is 35.5 Å². The van der Waals surface area contributed by atoms with Gasteiger partial charge in [0.05, 0.1) is 28.7 Å². The van der Waals surface area contributed by atoms with Crippen LogP contribution < -0.4 is 9.64 Å². The molecule has 0 N–H and O–H groups in total. The molecule has 0 spiro atoms. The van der Waals surface area contributed by atoms with Gasteiger partial charge in [0.2, 0.25) is 11.8 Å². The molecule has 32 heavy (non-hydrogen) atoms. The summed E-state index contributed by atoms with van der Waals surface area (Å²) in [4.78, 5) is 52.1. The minimum absolute atomic E-state index is 0.129. The number of nitrogens with zero attached hydrogens (tertiary/aromatic N) is 1. The second-order valence-corrected chi connectivity index (χ2v) is 9.16. The van der Waals surface area contributed by atoms with Crippen molar-refractivity contribution in [2.75, 3.05) is 4.90 Å². The summed E-state index contributed by atoms with van der Waals surface area (Å²) in [6.45, 7) is 1.41. The van der Waals surface area contributed by atoms with Gasteiger partial charge in [-0.05, 0) is 73.4 Å². The van der Waals surface area contributed by atoms with E-state index < -0.39 is 5.97 Å². The highest BCUT2D eigenvalue weighted by Gasteiger charge is 2.67. The van der Waals surface area contributed by atoms with Crippen molar-refractivity contribution in [2.45, 2.75) is 13.3 Å². The number of allylic oxidation sites excluding steroid dienone is 2. The molecular weight excluding hydrogens is 406 g/mol. The number of hydrogen-bond donors (Lipinski definition) is 0. The quantitative estimate of drug-likeness (QED) is 0.245. The first kappa shape index (κ1) is 19.2. The normalized spacial score (nSPS) is 31.3. The molecule has 2 aromatic carbocycles. The number of Topliss-reactive ketones (excluding diaryl/α,β-unsaturated/α-hetero) is 1. The van der Waals surface area contributed by atoms with Crippen LogP contribution in [0.4, 0.5) is 5.69 Å². The average molecular weight is 427 g/mol. The molecule has 2 aromatic rings. The maximum absolute atomic E-state index is 13.2. The number of benzene rings is 2. The van der Waals surface area contributed by atoms with E-state index in [0.717, 1.165) is 6.42 Å². The lowest BCUT2D eigenvalue weighted by atomic mass is 9.63. The van der Waals surface area contributed by atoms with Crippen molar-refractivity contribution in [3.8, 4) is 5.75 Å². The molecule has 160 valence electrons. The van der Waals surface area contributed by atoms with Gasteiger partial charge in [0.1, 0.15) is 5.75 Å². The zero-order valence-corrected chi connectivity index (χ0v) is 17.4.